The van der Waals surface area contributed by atoms with E-state index in [0.29, 0.717) is 11.4 Å². The van der Waals surface area contributed by atoms with E-state index in [-0.39, 0.29) is 5.56 Å². The molecule has 1 aromatic carbocycles. The van der Waals surface area contributed by atoms with Gasteiger partial charge in [-0.05, 0) is 37.1 Å². The fourth-order valence-electron chi connectivity index (χ4n) is 1.97. The van der Waals surface area contributed by atoms with Gasteiger partial charge < -0.3 is 10.8 Å². The highest BCUT2D eigenvalue weighted by Gasteiger charge is 2.12. The first kappa shape index (κ1) is 13.1. The van der Waals surface area contributed by atoms with Crippen molar-refractivity contribution in [3.63, 3.8) is 0 Å². The quantitative estimate of drug-likeness (QED) is 0.825. The zero-order valence-electron chi connectivity index (χ0n) is 11.1. The Bertz CT molecular complexity index is 617. The van der Waals surface area contributed by atoms with Crippen LogP contribution in [0.3, 0.4) is 0 Å². The molecule has 1 heterocycles. The lowest BCUT2D eigenvalue weighted by Gasteiger charge is -2.10. The molecule has 0 atom stereocenters. The molecule has 5 nitrogen and oxygen atoms in total. The topological polar surface area (TPSA) is 81.1 Å². The average Bonchev–Trinajstić information content (AvgIpc) is 2.82. The molecule has 0 fully saturated rings. The lowest BCUT2D eigenvalue weighted by atomic mass is 10.1. The fourth-order valence-corrected chi connectivity index (χ4v) is 1.97. The Labute approximate surface area is 111 Å². The number of nitrogens with two attached hydrogens (primary N) is 1. The highest BCUT2D eigenvalue weighted by Crippen LogP contribution is 2.21. The van der Waals surface area contributed by atoms with Gasteiger partial charge in [0.1, 0.15) is 0 Å². The van der Waals surface area contributed by atoms with Crippen molar-refractivity contribution in [3.05, 3.63) is 41.2 Å². The number of hydrogen-bond donors (Lipinski definition) is 2. The number of carboxylic acid groups (broad SMARTS) is 1. The van der Waals surface area contributed by atoms with Crippen LogP contribution in [0.5, 0.6) is 0 Å². The number of aromatic nitrogens is 2. The molecule has 0 aliphatic carbocycles. The van der Waals surface area contributed by atoms with Crippen molar-refractivity contribution >= 4 is 11.7 Å². The smallest absolute Gasteiger partial charge is 0.335 e. The number of carboxylic acids is 1. The van der Waals surface area contributed by atoms with Gasteiger partial charge in [-0.25, -0.2) is 9.48 Å². The van der Waals surface area contributed by atoms with Gasteiger partial charge in [0.25, 0.3) is 0 Å². The molecule has 1 aromatic heterocycles. The molecule has 0 spiro atoms. The molecule has 5 heteroatoms. The SMILES string of the molecule is CCc1cc(CC)n(-c2cc(C(=O)O)ccc2N)n1. The third-order valence-corrected chi connectivity index (χ3v) is 3.06. The van der Waals surface area contributed by atoms with Crippen molar-refractivity contribution in [3.8, 4) is 5.69 Å². The molecule has 0 unspecified atom stereocenters. The van der Waals surface area contributed by atoms with E-state index in [1.807, 2.05) is 19.9 Å². The van der Waals surface area contributed by atoms with Gasteiger partial charge in [-0.2, -0.15) is 5.10 Å². The fraction of sp³-hybridized carbons (Fsp3) is 0.286. The van der Waals surface area contributed by atoms with Gasteiger partial charge in [-0.15, -0.1) is 0 Å². The Morgan fingerprint density at radius 2 is 2.05 bits per heavy atom. The minimum absolute atomic E-state index is 0.208. The average molecular weight is 259 g/mol. The molecule has 100 valence electrons. The van der Waals surface area contributed by atoms with Crippen LogP contribution in [-0.2, 0) is 12.8 Å². The zero-order valence-corrected chi connectivity index (χ0v) is 11.1. The first-order valence-electron chi connectivity index (χ1n) is 6.27. The molecular weight excluding hydrogens is 242 g/mol. The van der Waals surface area contributed by atoms with Gasteiger partial charge in [-0.1, -0.05) is 13.8 Å². The minimum Gasteiger partial charge on any atom is -0.478 e. The van der Waals surface area contributed by atoms with E-state index in [1.165, 1.54) is 6.07 Å². The minimum atomic E-state index is -0.970. The highest BCUT2D eigenvalue weighted by atomic mass is 16.4. The molecule has 0 aliphatic heterocycles. The van der Waals surface area contributed by atoms with Crippen molar-refractivity contribution in [1.29, 1.82) is 0 Å². The summed E-state index contributed by atoms with van der Waals surface area (Å²) in [5.41, 5.74) is 9.28. The summed E-state index contributed by atoms with van der Waals surface area (Å²) in [5, 5.41) is 13.5. The number of rotatable bonds is 4. The van der Waals surface area contributed by atoms with Crippen LogP contribution < -0.4 is 5.73 Å². The van der Waals surface area contributed by atoms with Crippen LogP contribution in [0.4, 0.5) is 5.69 Å². The third kappa shape index (κ3) is 2.45. The Hall–Kier alpha value is -2.30. The number of anilines is 1. The van der Waals surface area contributed by atoms with Crippen molar-refractivity contribution in [1.82, 2.24) is 9.78 Å². The molecule has 0 aliphatic rings. The first-order valence-corrected chi connectivity index (χ1v) is 6.27. The second-order valence-electron chi connectivity index (χ2n) is 4.32. The molecule has 0 amide bonds. The standard InChI is InChI=1S/C14H17N3O2/c1-3-10-8-11(4-2)17(16-10)13-7-9(14(18)19)5-6-12(13)15/h5-8H,3-4,15H2,1-2H3,(H,18,19). The number of benzene rings is 1. The number of aromatic carboxylic acids is 1. The van der Waals surface area contributed by atoms with Crippen LogP contribution in [0.1, 0.15) is 35.6 Å². The van der Waals surface area contributed by atoms with Crippen LogP contribution in [0.25, 0.3) is 5.69 Å². The van der Waals surface area contributed by atoms with Gasteiger partial charge in [0.05, 0.1) is 22.6 Å². The van der Waals surface area contributed by atoms with Crippen LogP contribution >= 0.6 is 0 Å². The Morgan fingerprint density at radius 3 is 2.63 bits per heavy atom. The maximum Gasteiger partial charge on any atom is 0.335 e. The lowest BCUT2D eigenvalue weighted by Crippen LogP contribution is -2.07. The van der Waals surface area contributed by atoms with Gasteiger partial charge in [0.2, 0.25) is 0 Å². The van der Waals surface area contributed by atoms with Crippen molar-refractivity contribution in [2.75, 3.05) is 5.73 Å². The number of nitrogens with zero attached hydrogens (tertiary/aromatic N) is 2. The van der Waals surface area contributed by atoms with E-state index >= 15 is 0 Å². The number of hydrogen-bond acceptors (Lipinski definition) is 3. The zero-order chi connectivity index (χ0) is 14.0. The first-order chi connectivity index (χ1) is 9.06. The molecule has 0 saturated heterocycles. The summed E-state index contributed by atoms with van der Waals surface area (Å²) in [6.07, 6.45) is 1.64. The van der Waals surface area contributed by atoms with E-state index < -0.39 is 5.97 Å². The normalized spacial score (nSPS) is 10.6. The van der Waals surface area contributed by atoms with Crippen LogP contribution in [0.2, 0.25) is 0 Å². The largest absolute Gasteiger partial charge is 0.478 e. The lowest BCUT2D eigenvalue weighted by molar-refractivity contribution is 0.0697. The van der Waals surface area contributed by atoms with Gasteiger partial charge in [-0.3, -0.25) is 0 Å². The third-order valence-electron chi connectivity index (χ3n) is 3.06. The van der Waals surface area contributed by atoms with Crippen molar-refractivity contribution in [2.24, 2.45) is 0 Å². The number of aryl methyl sites for hydroxylation is 2. The van der Waals surface area contributed by atoms with Crippen LogP contribution in [0, 0.1) is 0 Å². The molecule has 0 bridgehead atoms. The summed E-state index contributed by atoms with van der Waals surface area (Å²) in [5.74, 6) is -0.970. The van der Waals surface area contributed by atoms with E-state index in [9.17, 15) is 4.79 Å². The molecule has 2 aromatic rings. The predicted octanol–water partition coefficient (Wildman–Crippen LogP) is 2.28. The molecule has 0 saturated carbocycles. The Kier molecular flexibility index (Phi) is 3.55. The molecule has 2 rings (SSSR count). The van der Waals surface area contributed by atoms with E-state index in [0.717, 1.165) is 24.2 Å². The van der Waals surface area contributed by atoms with Crippen LogP contribution in [0.15, 0.2) is 24.3 Å². The maximum atomic E-state index is 11.0. The van der Waals surface area contributed by atoms with Crippen molar-refractivity contribution in [2.45, 2.75) is 26.7 Å². The van der Waals surface area contributed by atoms with Crippen molar-refractivity contribution < 1.29 is 9.90 Å². The second kappa shape index (κ2) is 5.14. The summed E-state index contributed by atoms with van der Waals surface area (Å²) in [6, 6.07) is 6.68. The highest BCUT2D eigenvalue weighted by molar-refractivity contribution is 5.89. The van der Waals surface area contributed by atoms with Gasteiger partial charge in [0, 0.05) is 5.69 Å². The summed E-state index contributed by atoms with van der Waals surface area (Å²) in [7, 11) is 0. The molecule has 19 heavy (non-hydrogen) atoms. The van der Waals surface area contributed by atoms with Gasteiger partial charge >= 0.3 is 5.97 Å². The summed E-state index contributed by atoms with van der Waals surface area (Å²) in [6.45, 7) is 4.06. The second-order valence-corrected chi connectivity index (χ2v) is 4.32. The predicted molar refractivity (Wildman–Crippen MR) is 73.7 cm³/mol. The summed E-state index contributed by atoms with van der Waals surface area (Å²) >= 11 is 0. The Balaban J connectivity index is 2.60. The van der Waals surface area contributed by atoms with E-state index in [4.69, 9.17) is 10.8 Å². The summed E-state index contributed by atoms with van der Waals surface area (Å²) < 4.78 is 1.74. The Morgan fingerprint density at radius 1 is 1.32 bits per heavy atom. The van der Waals surface area contributed by atoms with Crippen LogP contribution in [-0.4, -0.2) is 20.9 Å². The maximum absolute atomic E-state index is 11.0. The van der Waals surface area contributed by atoms with E-state index in [2.05, 4.69) is 5.10 Å². The summed E-state index contributed by atoms with van der Waals surface area (Å²) in [4.78, 5) is 11.0. The number of nitrogen functional groups attached to an aromatic ring is 1. The van der Waals surface area contributed by atoms with E-state index in [1.54, 1.807) is 16.8 Å². The van der Waals surface area contributed by atoms with Gasteiger partial charge in [0.15, 0.2) is 0 Å². The molecule has 3 N–H and O–H groups in total. The monoisotopic (exact) mass is 259 g/mol. The molecular formula is C14H17N3O2. The molecule has 0 radical (unpaired) electrons. The number of carbonyl (C=O) groups is 1.